The molecule has 1 aromatic carbocycles. The first-order valence-electron chi connectivity index (χ1n) is 7.87. The number of halogens is 1. The fourth-order valence-electron chi connectivity index (χ4n) is 2.85. The summed E-state index contributed by atoms with van der Waals surface area (Å²) in [5, 5.41) is 3.21. The molecule has 1 aliphatic rings. The summed E-state index contributed by atoms with van der Waals surface area (Å²) in [6.45, 7) is 6.54. The summed E-state index contributed by atoms with van der Waals surface area (Å²) in [6.07, 6.45) is 1.67. The Bertz CT molecular complexity index is 513. The topological polar surface area (TPSA) is 41.6 Å². The summed E-state index contributed by atoms with van der Waals surface area (Å²) in [4.78, 5) is 14.4. The van der Waals surface area contributed by atoms with Crippen molar-refractivity contribution in [3.05, 3.63) is 28.2 Å². The number of hydrogen-bond acceptors (Lipinski definition) is 3. The molecule has 0 aromatic heterocycles. The van der Waals surface area contributed by atoms with Gasteiger partial charge in [-0.15, -0.1) is 0 Å². The number of carbonyl (C=O) groups excluding carboxylic acids is 1. The van der Waals surface area contributed by atoms with Gasteiger partial charge in [0.1, 0.15) is 5.75 Å². The summed E-state index contributed by atoms with van der Waals surface area (Å²) in [5.74, 6) is 1.48. The Morgan fingerprint density at radius 1 is 1.45 bits per heavy atom. The molecule has 0 radical (unpaired) electrons. The van der Waals surface area contributed by atoms with Crippen molar-refractivity contribution in [2.45, 2.75) is 32.8 Å². The van der Waals surface area contributed by atoms with Gasteiger partial charge in [0, 0.05) is 13.1 Å². The number of ether oxygens (including phenoxy) is 1. The second kappa shape index (κ2) is 7.97. The van der Waals surface area contributed by atoms with E-state index < -0.39 is 6.10 Å². The van der Waals surface area contributed by atoms with E-state index in [-0.39, 0.29) is 5.91 Å². The molecular formula is C17H25BrN2O2. The molecule has 1 aromatic rings. The normalized spacial score (nSPS) is 17.4. The van der Waals surface area contributed by atoms with Crippen molar-refractivity contribution < 1.29 is 9.53 Å². The molecule has 1 atom stereocenters. The summed E-state index contributed by atoms with van der Waals surface area (Å²) in [6, 6.07) is 5.89. The average molecular weight is 369 g/mol. The monoisotopic (exact) mass is 368 g/mol. The van der Waals surface area contributed by atoms with Gasteiger partial charge in [-0.1, -0.05) is 6.07 Å². The molecule has 1 heterocycles. The Morgan fingerprint density at radius 2 is 2.14 bits per heavy atom. The summed E-state index contributed by atoms with van der Waals surface area (Å²) in [7, 11) is 1.98. The third-order valence-corrected chi connectivity index (χ3v) is 4.78. The summed E-state index contributed by atoms with van der Waals surface area (Å²) in [5.41, 5.74) is 1.16. The van der Waals surface area contributed by atoms with E-state index in [9.17, 15) is 4.79 Å². The van der Waals surface area contributed by atoms with Gasteiger partial charge in [0.25, 0.3) is 5.91 Å². The molecule has 5 heteroatoms. The van der Waals surface area contributed by atoms with Crippen LogP contribution in [0.2, 0.25) is 0 Å². The van der Waals surface area contributed by atoms with Crippen LogP contribution in [0.25, 0.3) is 0 Å². The van der Waals surface area contributed by atoms with Gasteiger partial charge < -0.3 is 15.0 Å². The predicted molar refractivity (Wildman–Crippen MR) is 92.2 cm³/mol. The van der Waals surface area contributed by atoms with Crippen molar-refractivity contribution in [1.82, 2.24) is 10.2 Å². The largest absolute Gasteiger partial charge is 0.480 e. The van der Waals surface area contributed by atoms with Gasteiger partial charge >= 0.3 is 0 Å². The molecule has 4 nitrogen and oxygen atoms in total. The van der Waals surface area contributed by atoms with Gasteiger partial charge in [0.15, 0.2) is 6.10 Å². The van der Waals surface area contributed by atoms with Crippen LogP contribution < -0.4 is 10.1 Å². The van der Waals surface area contributed by atoms with E-state index in [2.05, 4.69) is 21.2 Å². The van der Waals surface area contributed by atoms with E-state index in [0.29, 0.717) is 5.92 Å². The SMILES string of the molecule is CNCC1CCN(C(=O)C(C)Oc2ccc(C)cc2Br)CC1. The number of rotatable bonds is 5. The zero-order valence-electron chi connectivity index (χ0n) is 13.6. The summed E-state index contributed by atoms with van der Waals surface area (Å²) < 4.78 is 6.73. The van der Waals surface area contributed by atoms with E-state index in [1.165, 1.54) is 0 Å². The highest BCUT2D eigenvalue weighted by atomic mass is 79.9. The van der Waals surface area contributed by atoms with Crippen molar-refractivity contribution in [3.63, 3.8) is 0 Å². The quantitative estimate of drug-likeness (QED) is 0.868. The molecule has 1 fully saturated rings. The second-order valence-corrected chi connectivity index (χ2v) is 6.87. The highest BCUT2D eigenvalue weighted by Gasteiger charge is 2.27. The third-order valence-electron chi connectivity index (χ3n) is 4.16. The van der Waals surface area contributed by atoms with Crippen molar-refractivity contribution in [3.8, 4) is 5.75 Å². The van der Waals surface area contributed by atoms with Crippen LogP contribution >= 0.6 is 15.9 Å². The molecule has 1 N–H and O–H groups in total. The second-order valence-electron chi connectivity index (χ2n) is 6.02. The van der Waals surface area contributed by atoms with Crippen molar-refractivity contribution in [2.75, 3.05) is 26.7 Å². The van der Waals surface area contributed by atoms with Crippen LogP contribution in [-0.4, -0.2) is 43.6 Å². The van der Waals surface area contributed by atoms with Crippen molar-refractivity contribution in [2.24, 2.45) is 5.92 Å². The highest BCUT2D eigenvalue weighted by Crippen LogP contribution is 2.27. The van der Waals surface area contributed by atoms with Crippen LogP contribution in [0.4, 0.5) is 0 Å². The lowest BCUT2D eigenvalue weighted by atomic mass is 9.96. The van der Waals surface area contributed by atoms with Gasteiger partial charge in [0.2, 0.25) is 0 Å². The third kappa shape index (κ3) is 4.46. The van der Waals surface area contributed by atoms with E-state index in [0.717, 1.165) is 48.3 Å². The fraction of sp³-hybridized carbons (Fsp3) is 0.588. The molecule has 1 amide bonds. The predicted octanol–water partition coefficient (Wildman–Crippen LogP) is 2.98. The van der Waals surface area contributed by atoms with Crippen LogP contribution in [-0.2, 0) is 4.79 Å². The average Bonchev–Trinajstić information content (AvgIpc) is 2.50. The smallest absolute Gasteiger partial charge is 0.263 e. The molecule has 1 saturated heterocycles. The van der Waals surface area contributed by atoms with Gasteiger partial charge in [-0.05, 0) is 79.8 Å². The lowest BCUT2D eigenvalue weighted by Crippen LogP contribution is -2.45. The minimum atomic E-state index is -0.458. The lowest BCUT2D eigenvalue weighted by Gasteiger charge is -2.33. The highest BCUT2D eigenvalue weighted by molar-refractivity contribution is 9.10. The molecule has 1 aliphatic heterocycles. The Hall–Kier alpha value is -1.07. The Labute approximate surface area is 141 Å². The first-order chi connectivity index (χ1) is 10.5. The molecule has 22 heavy (non-hydrogen) atoms. The van der Waals surface area contributed by atoms with E-state index in [1.54, 1.807) is 0 Å². The Kier molecular flexibility index (Phi) is 6.26. The maximum absolute atomic E-state index is 12.5. The molecule has 0 bridgehead atoms. The number of aryl methyl sites for hydroxylation is 1. The molecule has 0 spiro atoms. The molecule has 0 aliphatic carbocycles. The molecule has 1 unspecified atom stereocenters. The van der Waals surface area contributed by atoms with Gasteiger partial charge in [-0.25, -0.2) is 0 Å². The summed E-state index contributed by atoms with van der Waals surface area (Å²) >= 11 is 3.49. The van der Waals surface area contributed by atoms with Crippen LogP contribution in [0.5, 0.6) is 5.75 Å². The number of likely N-dealkylation sites (tertiary alicyclic amines) is 1. The standard InChI is InChI=1S/C17H25BrN2O2/c1-12-4-5-16(15(18)10-12)22-13(2)17(21)20-8-6-14(7-9-20)11-19-3/h4-5,10,13-14,19H,6-9,11H2,1-3H3. The number of carbonyl (C=O) groups is 1. The van der Waals surface area contributed by atoms with Crippen LogP contribution in [0, 0.1) is 12.8 Å². The lowest BCUT2D eigenvalue weighted by molar-refractivity contribution is -0.139. The number of amides is 1. The van der Waals surface area contributed by atoms with Crippen molar-refractivity contribution >= 4 is 21.8 Å². The first kappa shape index (κ1) is 17.3. The Balaban J connectivity index is 1.90. The van der Waals surface area contributed by atoms with Gasteiger partial charge in [0.05, 0.1) is 4.47 Å². The van der Waals surface area contributed by atoms with Gasteiger partial charge in [-0.2, -0.15) is 0 Å². The minimum Gasteiger partial charge on any atom is -0.480 e. The zero-order chi connectivity index (χ0) is 16.1. The molecule has 122 valence electrons. The van der Waals surface area contributed by atoms with Gasteiger partial charge in [-0.3, -0.25) is 4.79 Å². The first-order valence-corrected chi connectivity index (χ1v) is 8.66. The zero-order valence-corrected chi connectivity index (χ0v) is 15.1. The van der Waals surface area contributed by atoms with E-state index in [1.807, 2.05) is 44.0 Å². The van der Waals surface area contributed by atoms with E-state index in [4.69, 9.17) is 4.74 Å². The van der Waals surface area contributed by atoms with Crippen LogP contribution in [0.3, 0.4) is 0 Å². The number of nitrogens with one attached hydrogen (secondary N) is 1. The van der Waals surface area contributed by atoms with Crippen LogP contribution in [0.1, 0.15) is 25.3 Å². The minimum absolute atomic E-state index is 0.0791. The van der Waals surface area contributed by atoms with Crippen molar-refractivity contribution in [1.29, 1.82) is 0 Å². The molecule has 0 saturated carbocycles. The number of hydrogen-bond donors (Lipinski definition) is 1. The number of piperidine rings is 1. The number of nitrogens with zero attached hydrogens (tertiary/aromatic N) is 1. The fourth-order valence-corrected chi connectivity index (χ4v) is 3.43. The molecular weight excluding hydrogens is 344 g/mol. The maximum Gasteiger partial charge on any atom is 0.263 e. The number of benzene rings is 1. The Morgan fingerprint density at radius 3 is 2.73 bits per heavy atom. The van der Waals surface area contributed by atoms with E-state index >= 15 is 0 Å². The van der Waals surface area contributed by atoms with Crippen LogP contribution in [0.15, 0.2) is 22.7 Å². The maximum atomic E-state index is 12.5. The molecule has 2 rings (SSSR count).